The van der Waals surface area contributed by atoms with E-state index in [2.05, 4.69) is 0 Å². The van der Waals surface area contributed by atoms with E-state index in [1.165, 1.54) is 0 Å². The maximum atomic E-state index is 12.4. The number of carbonyl (C=O) groups excluding carboxylic acids is 1. The maximum absolute atomic E-state index is 12.4. The van der Waals surface area contributed by atoms with Gasteiger partial charge in [-0.3, -0.25) is 4.79 Å². The Bertz CT molecular complexity index is 746. The zero-order valence-corrected chi connectivity index (χ0v) is 12.1. The van der Waals surface area contributed by atoms with Crippen molar-refractivity contribution >= 4 is 28.4 Å². The van der Waals surface area contributed by atoms with Crippen LogP contribution in [0.1, 0.15) is 10.4 Å². The Balaban J connectivity index is 1.83. The Morgan fingerprint density at radius 1 is 1.05 bits per heavy atom. The average Bonchev–Trinajstić information content (AvgIpc) is 2.84. The number of rotatable bonds is 4. The fraction of sp³-hybridized carbons (Fsp3) is 0.118. The molecule has 0 aliphatic carbocycles. The third kappa shape index (κ3) is 2.49. The summed E-state index contributed by atoms with van der Waals surface area (Å²) in [7, 11) is 1.98. The average molecular weight is 281 g/mol. The predicted octanol–water partition coefficient (Wildman–Crippen LogP) is 4.15. The third-order valence-corrected chi connectivity index (χ3v) is 4.32. The molecule has 20 heavy (non-hydrogen) atoms. The fourth-order valence-electron chi connectivity index (χ4n) is 2.31. The maximum Gasteiger partial charge on any atom is 0.175 e. The Morgan fingerprint density at radius 3 is 2.55 bits per heavy atom. The Labute approximate surface area is 122 Å². The SMILES string of the molecule is Cn1cc(C(=O)CSc2ccccc2)c2ccccc21. The van der Waals surface area contributed by atoms with Crippen molar-refractivity contribution in [2.45, 2.75) is 4.90 Å². The highest BCUT2D eigenvalue weighted by Crippen LogP contribution is 2.24. The van der Waals surface area contributed by atoms with Gasteiger partial charge >= 0.3 is 0 Å². The number of nitrogens with zero attached hydrogens (tertiary/aromatic N) is 1. The lowest BCUT2D eigenvalue weighted by molar-refractivity contribution is 0.102. The largest absolute Gasteiger partial charge is 0.350 e. The van der Waals surface area contributed by atoms with Crippen molar-refractivity contribution < 1.29 is 4.79 Å². The summed E-state index contributed by atoms with van der Waals surface area (Å²) in [5.74, 6) is 0.647. The minimum Gasteiger partial charge on any atom is -0.350 e. The number of aromatic nitrogens is 1. The van der Waals surface area contributed by atoms with Gasteiger partial charge in [-0.15, -0.1) is 11.8 Å². The molecule has 2 aromatic carbocycles. The highest BCUT2D eigenvalue weighted by Gasteiger charge is 2.13. The first-order chi connectivity index (χ1) is 9.75. The number of fused-ring (bicyclic) bond motifs is 1. The quantitative estimate of drug-likeness (QED) is 0.529. The molecule has 0 fully saturated rings. The van der Waals surface area contributed by atoms with E-state index in [1.54, 1.807) is 11.8 Å². The summed E-state index contributed by atoms with van der Waals surface area (Å²) >= 11 is 1.58. The molecule has 1 aromatic heterocycles. The van der Waals surface area contributed by atoms with E-state index < -0.39 is 0 Å². The summed E-state index contributed by atoms with van der Waals surface area (Å²) in [4.78, 5) is 13.5. The van der Waals surface area contributed by atoms with Crippen molar-refractivity contribution in [2.75, 3.05) is 5.75 Å². The van der Waals surface area contributed by atoms with Crippen molar-refractivity contribution in [1.29, 1.82) is 0 Å². The van der Waals surface area contributed by atoms with Gasteiger partial charge in [0.2, 0.25) is 0 Å². The Kier molecular flexibility index (Phi) is 3.61. The number of carbonyl (C=O) groups is 1. The van der Waals surface area contributed by atoms with Crippen LogP contribution in [0.15, 0.2) is 65.7 Å². The zero-order valence-electron chi connectivity index (χ0n) is 11.2. The number of thioether (sulfide) groups is 1. The van der Waals surface area contributed by atoms with Crippen LogP contribution >= 0.6 is 11.8 Å². The Morgan fingerprint density at radius 2 is 1.75 bits per heavy atom. The molecule has 0 saturated carbocycles. The number of Topliss-reactive ketones (excluding diaryl/α,β-unsaturated/α-hetero) is 1. The molecule has 0 amide bonds. The van der Waals surface area contributed by atoms with Crippen LogP contribution in [0.2, 0.25) is 0 Å². The molecule has 3 heteroatoms. The van der Waals surface area contributed by atoms with Crippen LogP contribution in [-0.4, -0.2) is 16.1 Å². The second-order valence-corrected chi connectivity index (χ2v) is 5.74. The standard InChI is InChI=1S/C17H15NOS/c1-18-11-15(14-9-5-6-10-16(14)18)17(19)12-20-13-7-3-2-4-8-13/h2-11H,12H2,1H3. The second kappa shape index (κ2) is 5.55. The molecule has 0 spiro atoms. The number of hydrogen-bond acceptors (Lipinski definition) is 2. The van der Waals surface area contributed by atoms with Crippen molar-refractivity contribution in [3.63, 3.8) is 0 Å². The van der Waals surface area contributed by atoms with Crippen molar-refractivity contribution in [3.05, 3.63) is 66.4 Å². The van der Waals surface area contributed by atoms with E-state index in [4.69, 9.17) is 0 Å². The summed E-state index contributed by atoms with van der Waals surface area (Å²) in [6.07, 6.45) is 1.93. The van der Waals surface area contributed by atoms with E-state index in [0.29, 0.717) is 5.75 Å². The number of ketones is 1. The van der Waals surface area contributed by atoms with Gasteiger partial charge in [0.05, 0.1) is 5.75 Å². The van der Waals surface area contributed by atoms with Gasteiger partial charge < -0.3 is 4.57 Å². The summed E-state index contributed by atoms with van der Waals surface area (Å²) in [6.45, 7) is 0. The summed E-state index contributed by atoms with van der Waals surface area (Å²) in [5, 5.41) is 1.04. The Hall–Kier alpha value is -2.00. The van der Waals surface area contributed by atoms with Gasteiger partial charge in [0.25, 0.3) is 0 Å². The molecule has 1 heterocycles. The topological polar surface area (TPSA) is 22.0 Å². The molecular weight excluding hydrogens is 266 g/mol. The molecule has 0 aliphatic rings. The smallest absolute Gasteiger partial charge is 0.175 e. The molecule has 0 atom stereocenters. The number of hydrogen-bond donors (Lipinski definition) is 0. The number of para-hydroxylation sites is 1. The lowest BCUT2D eigenvalue weighted by atomic mass is 10.1. The molecule has 0 radical (unpaired) electrons. The van der Waals surface area contributed by atoms with E-state index in [0.717, 1.165) is 21.4 Å². The second-order valence-electron chi connectivity index (χ2n) is 4.70. The normalized spacial score (nSPS) is 10.8. The van der Waals surface area contributed by atoms with Gasteiger partial charge in [0.1, 0.15) is 0 Å². The lowest BCUT2D eigenvalue weighted by Crippen LogP contribution is -2.01. The van der Waals surface area contributed by atoms with Crippen LogP contribution in [0.5, 0.6) is 0 Å². The molecule has 100 valence electrons. The van der Waals surface area contributed by atoms with E-state index >= 15 is 0 Å². The molecular formula is C17H15NOS. The van der Waals surface area contributed by atoms with Gasteiger partial charge in [0, 0.05) is 34.6 Å². The predicted molar refractivity (Wildman–Crippen MR) is 84.4 cm³/mol. The monoisotopic (exact) mass is 281 g/mol. The summed E-state index contributed by atoms with van der Waals surface area (Å²) in [6, 6.07) is 18.0. The lowest BCUT2D eigenvalue weighted by Gasteiger charge is -2.00. The van der Waals surface area contributed by atoms with E-state index in [-0.39, 0.29) is 5.78 Å². The molecule has 0 aliphatic heterocycles. The summed E-state index contributed by atoms with van der Waals surface area (Å²) < 4.78 is 2.01. The van der Waals surface area contributed by atoms with E-state index in [9.17, 15) is 4.79 Å². The fourth-order valence-corrected chi connectivity index (χ4v) is 3.11. The van der Waals surface area contributed by atoms with Gasteiger partial charge in [-0.05, 0) is 18.2 Å². The third-order valence-electron chi connectivity index (χ3n) is 3.31. The minimum absolute atomic E-state index is 0.177. The van der Waals surface area contributed by atoms with Crippen LogP contribution in [-0.2, 0) is 7.05 Å². The van der Waals surface area contributed by atoms with Gasteiger partial charge in [0.15, 0.2) is 5.78 Å². The first-order valence-electron chi connectivity index (χ1n) is 6.51. The highest BCUT2D eigenvalue weighted by atomic mass is 32.2. The number of aryl methyl sites for hydroxylation is 1. The minimum atomic E-state index is 0.177. The highest BCUT2D eigenvalue weighted by molar-refractivity contribution is 8.00. The first kappa shape index (κ1) is 13.0. The van der Waals surface area contributed by atoms with Crippen molar-refractivity contribution in [3.8, 4) is 0 Å². The van der Waals surface area contributed by atoms with Crippen LogP contribution in [0.25, 0.3) is 10.9 Å². The molecule has 3 aromatic rings. The van der Waals surface area contributed by atoms with E-state index in [1.807, 2.05) is 72.4 Å². The zero-order chi connectivity index (χ0) is 13.9. The molecule has 2 nitrogen and oxygen atoms in total. The van der Waals surface area contributed by atoms with Gasteiger partial charge in [-0.1, -0.05) is 36.4 Å². The molecule has 0 bridgehead atoms. The molecule has 0 N–H and O–H groups in total. The summed E-state index contributed by atoms with van der Waals surface area (Å²) in [5.41, 5.74) is 1.91. The van der Waals surface area contributed by atoms with Gasteiger partial charge in [-0.2, -0.15) is 0 Å². The van der Waals surface area contributed by atoms with Gasteiger partial charge in [-0.25, -0.2) is 0 Å². The first-order valence-corrected chi connectivity index (χ1v) is 7.49. The number of benzene rings is 2. The molecule has 3 rings (SSSR count). The van der Waals surface area contributed by atoms with Crippen molar-refractivity contribution in [1.82, 2.24) is 4.57 Å². The van der Waals surface area contributed by atoms with Crippen LogP contribution < -0.4 is 0 Å². The molecule has 0 unspecified atom stereocenters. The van der Waals surface area contributed by atoms with Crippen LogP contribution in [0.4, 0.5) is 0 Å². The molecule has 0 saturated heterocycles. The van der Waals surface area contributed by atoms with Crippen LogP contribution in [0.3, 0.4) is 0 Å². The van der Waals surface area contributed by atoms with Crippen LogP contribution in [0, 0.1) is 0 Å². The van der Waals surface area contributed by atoms with Crippen molar-refractivity contribution in [2.24, 2.45) is 7.05 Å².